The summed E-state index contributed by atoms with van der Waals surface area (Å²) < 4.78 is 11.3. The molecular weight excluding hydrogens is 182 g/mol. The van der Waals surface area contributed by atoms with E-state index in [1.807, 2.05) is 18.2 Å². The van der Waals surface area contributed by atoms with E-state index in [2.05, 4.69) is 17.4 Å². The first-order chi connectivity index (χ1) is 6.36. The molecule has 2 atom stereocenters. The molecule has 1 heterocycles. The van der Waals surface area contributed by atoms with Crippen LogP contribution in [-0.2, 0) is 10.8 Å². The molecule has 0 unspecified atom stereocenters. The monoisotopic (exact) mass is 195 g/mol. The highest BCUT2D eigenvalue weighted by Crippen LogP contribution is 2.15. The maximum absolute atomic E-state index is 11.3. The molecule has 1 aliphatic rings. The number of benzene rings is 1. The van der Waals surface area contributed by atoms with Crippen molar-refractivity contribution in [2.45, 2.75) is 6.04 Å². The van der Waals surface area contributed by atoms with E-state index in [0.29, 0.717) is 0 Å². The van der Waals surface area contributed by atoms with E-state index >= 15 is 0 Å². The Kier molecular flexibility index (Phi) is 2.76. The van der Waals surface area contributed by atoms with Crippen LogP contribution in [0.25, 0.3) is 0 Å². The standard InChI is InChI=1S/C10H13NOS/c12-13-7-6-11-10(8-13)9-4-2-1-3-5-9/h1-5,10-11H,6-8H2/t10-,13+/m1/s1. The SMILES string of the molecule is O=[S@]1CCN[C@@H](c2ccccc2)C1. The van der Waals surface area contributed by atoms with Gasteiger partial charge in [0.15, 0.2) is 0 Å². The van der Waals surface area contributed by atoms with Gasteiger partial charge in [-0.3, -0.25) is 4.21 Å². The first kappa shape index (κ1) is 8.91. The van der Waals surface area contributed by atoms with E-state index in [0.717, 1.165) is 18.1 Å². The van der Waals surface area contributed by atoms with Crippen molar-refractivity contribution in [3.8, 4) is 0 Å². The maximum atomic E-state index is 11.3. The normalized spacial score (nSPS) is 28.6. The number of hydrogen-bond donors (Lipinski definition) is 1. The maximum Gasteiger partial charge on any atom is 0.0437 e. The van der Waals surface area contributed by atoms with Crippen molar-refractivity contribution >= 4 is 10.8 Å². The molecule has 70 valence electrons. The molecule has 1 aliphatic heterocycles. The predicted octanol–water partition coefficient (Wildman–Crippen LogP) is 1.08. The van der Waals surface area contributed by atoms with Gasteiger partial charge in [-0.05, 0) is 5.56 Å². The Hall–Kier alpha value is -0.670. The van der Waals surface area contributed by atoms with Gasteiger partial charge in [-0.2, -0.15) is 0 Å². The molecule has 2 nitrogen and oxygen atoms in total. The van der Waals surface area contributed by atoms with E-state index in [-0.39, 0.29) is 6.04 Å². The van der Waals surface area contributed by atoms with Crippen molar-refractivity contribution in [3.05, 3.63) is 35.9 Å². The van der Waals surface area contributed by atoms with Crippen LogP contribution in [-0.4, -0.2) is 22.3 Å². The van der Waals surface area contributed by atoms with Crippen LogP contribution in [0.5, 0.6) is 0 Å². The Morgan fingerprint density at radius 1 is 1.31 bits per heavy atom. The van der Waals surface area contributed by atoms with Crippen molar-refractivity contribution in [3.63, 3.8) is 0 Å². The molecule has 1 fully saturated rings. The smallest absolute Gasteiger partial charge is 0.0437 e. The number of rotatable bonds is 1. The van der Waals surface area contributed by atoms with Gasteiger partial charge in [0, 0.05) is 34.9 Å². The van der Waals surface area contributed by atoms with E-state index < -0.39 is 10.8 Å². The predicted molar refractivity (Wildman–Crippen MR) is 55.1 cm³/mol. The summed E-state index contributed by atoms with van der Waals surface area (Å²) in [6.45, 7) is 0.867. The third-order valence-electron chi connectivity index (χ3n) is 2.27. The topological polar surface area (TPSA) is 29.1 Å². The molecule has 0 aliphatic carbocycles. The van der Waals surface area contributed by atoms with Crippen molar-refractivity contribution in [2.24, 2.45) is 0 Å². The highest BCUT2D eigenvalue weighted by atomic mass is 32.2. The van der Waals surface area contributed by atoms with Crippen LogP contribution >= 0.6 is 0 Å². The second-order valence-corrected chi connectivity index (χ2v) is 4.85. The Morgan fingerprint density at radius 2 is 2.08 bits per heavy atom. The van der Waals surface area contributed by atoms with Crippen LogP contribution in [0.3, 0.4) is 0 Å². The summed E-state index contributed by atoms with van der Waals surface area (Å²) >= 11 is 0. The molecule has 1 saturated heterocycles. The van der Waals surface area contributed by atoms with Gasteiger partial charge in [0.25, 0.3) is 0 Å². The lowest BCUT2D eigenvalue weighted by Crippen LogP contribution is -2.36. The van der Waals surface area contributed by atoms with Gasteiger partial charge in [-0.25, -0.2) is 0 Å². The minimum atomic E-state index is -0.633. The molecular formula is C10H13NOS. The van der Waals surface area contributed by atoms with Crippen LogP contribution in [0.4, 0.5) is 0 Å². The summed E-state index contributed by atoms with van der Waals surface area (Å²) in [5, 5.41) is 3.37. The number of hydrogen-bond acceptors (Lipinski definition) is 2. The molecule has 0 spiro atoms. The van der Waals surface area contributed by atoms with Crippen molar-refractivity contribution < 1.29 is 4.21 Å². The van der Waals surface area contributed by atoms with Gasteiger partial charge in [0.05, 0.1) is 0 Å². The highest BCUT2D eigenvalue weighted by molar-refractivity contribution is 7.85. The fraction of sp³-hybridized carbons (Fsp3) is 0.400. The molecule has 0 aromatic heterocycles. The molecule has 0 bridgehead atoms. The fourth-order valence-electron chi connectivity index (χ4n) is 1.57. The minimum Gasteiger partial charge on any atom is -0.308 e. The summed E-state index contributed by atoms with van der Waals surface area (Å²) in [6, 6.07) is 10.5. The lowest BCUT2D eigenvalue weighted by molar-refractivity contribution is 0.572. The average molecular weight is 195 g/mol. The molecule has 0 saturated carbocycles. The fourth-order valence-corrected chi connectivity index (χ4v) is 2.77. The minimum absolute atomic E-state index is 0.288. The summed E-state index contributed by atoms with van der Waals surface area (Å²) in [6.07, 6.45) is 0. The van der Waals surface area contributed by atoms with Crippen LogP contribution < -0.4 is 5.32 Å². The Balaban J connectivity index is 2.13. The van der Waals surface area contributed by atoms with Crippen LogP contribution in [0, 0.1) is 0 Å². The lowest BCUT2D eigenvalue weighted by atomic mass is 10.1. The zero-order valence-electron chi connectivity index (χ0n) is 7.40. The first-order valence-electron chi connectivity index (χ1n) is 4.49. The molecule has 1 N–H and O–H groups in total. The molecule has 0 amide bonds. The third-order valence-corrected chi connectivity index (χ3v) is 3.64. The average Bonchev–Trinajstić information content (AvgIpc) is 2.19. The summed E-state index contributed by atoms with van der Waals surface area (Å²) in [5.41, 5.74) is 1.25. The van der Waals surface area contributed by atoms with Crippen LogP contribution in [0.2, 0.25) is 0 Å². The van der Waals surface area contributed by atoms with Crippen molar-refractivity contribution in [1.82, 2.24) is 5.32 Å². The van der Waals surface area contributed by atoms with Gasteiger partial charge in [0.1, 0.15) is 0 Å². The van der Waals surface area contributed by atoms with E-state index in [1.54, 1.807) is 0 Å². The molecule has 13 heavy (non-hydrogen) atoms. The second-order valence-electron chi connectivity index (χ2n) is 3.23. The Morgan fingerprint density at radius 3 is 2.77 bits per heavy atom. The molecule has 0 radical (unpaired) electrons. The summed E-state index contributed by atoms with van der Waals surface area (Å²) in [4.78, 5) is 0. The van der Waals surface area contributed by atoms with E-state index in [4.69, 9.17) is 0 Å². The van der Waals surface area contributed by atoms with Gasteiger partial charge >= 0.3 is 0 Å². The van der Waals surface area contributed by atoms with E-state index in [9.17, 15) is 4.21 Å². The zero-order valence-corrected chi connectivity index (χ0v) is 8.22. The highest BCUT2D eigenvalue weighted by Gasteiger charge is 2.18. The first-order valence-corrected chi connectivity index (χ1v) is 5.98. The van der Waals surface area contributed by atoms with Crippen LogP contribution in [0.1, 0.15) is 11.6 Å². The molecule has 3 heteroatoms. The van der Waals surface area contributed by atoms with Gasteiger partial charge in [0.2, 0.25) is 0 Å². The number of nitrogens with one attached hydrogen (secondary N) is 1. The Labute approximate surface area is 80.8 Å². The largest absolute Gasteiger partial charge is 0.308 e. The summed E-state index contributed by atoms with van der Waals surface area (Å²) in [7, 11) is -0.633. The van der Waals surface area contributed by atoms with Crippen molar-refractivity contribution in [2.75, 3.05) is 18.1 Å². The Bertz CT molecular complexity index is 299. The molecule has 2 rings (SSSR count). The zero-order chi connectivity index (χ0) is 9.10. The quantitative estimate of drug-likeness (QED) is 0.726. The van der Waals surface area contributed by atoms with Gasteiger partial charge in [-0.1, -0.05) is 30.3 Å². The van der Waals surface area contributed by atoms with Crippen molar-refractivity contribution in [1.29, 1.82) is 0 Å². The summed E-state index contributed by atoms with van der Waals surface area (Å²) in [5.74, 6) is 1.55. The third kappa shape index (κ3) is 2.17. The molecule has 1 aromatic carbocycles. The van der Waals surface area contributed by atoms with E-state index in [1.165, 1.54) is 5.56 Å². The van der Waals surface area contributed by atoms with Gasteiger partial charge < -0.3 is 5.32 Å². The van der Waals surface area contributed by atoms with Gasteiger partial charge in [-0.15, -0.1) is 0 Å². The lowest BCUT2D eigenvalue weighted by Gasteiger charge is -2.23. The molecule has 1 aromatic rings. The second kappa shape index (κ2) is 4.03. The van der Waals surface area contributed by atoms with Crippen LogP contribution in [0.15, 0.2) is 30.3 Å².